The molecule has 0 amide bonds. The Morgan fingerprint density at radius 1 is 1.08 bits per heavy atom. The minimum Gasteiger partial charge on any atom is -0.489 e. The van der Waals surface area contributed by atoms with E-state index < -0.39 is 0 Å². The van der Waals surface area contributed by atoms with Gasteiger partial charge in [-0.15, -0.1) is 0 Å². The highest BCUT2D eigenvalue weighted by atomic mass is 16.5. The van der Waals surface area contributed by atoms with Crippen LogP contribution in [0.25, 0.3) is 11.0 Å². The molecule has 0 bridgehead atoms. The molecule has 0 atom stereocenters. The SMILES string of the molecule is C=CCOc1ccc2c(C)c(Cc3ccccc3)c(=O)oc2c1C. The molecule has 3 aromatic rings. The van der Waals surface area contributed by atoms with Crippen LogP contribution in [0.5, 0.6) is 5.75 Å². The Balaban J connectivity index is 2.11. The molecule has 0 spiro atoms. The van der Waals surface area contributed by atoms with Gasteiger partial charge in [-0.25, -0.2) is 4.79 Å². The van der Waals surface area contributed by atoms with Crippen LogP contribution in [0.15, 0.2) is 64.3 Å². The van der Waals surface area contributed by atoms with Gasteiger partial charge in [-0.3, -0.25) is 0 Å². The Morgan fingerprint density at radius 3 is 2.54 bits per heavy atom. The van der Waals surface area contributed by atoms with Crippen LogP contribution in [0.1, 0.15) is 22.3 Å². The van der Waals surface area contributed by atoms with E-state index in [-0.39, 0.29) is 5.63 Å². The van der Waals surface area contributed by atoms with E-state index in [2.05, 4.69) is 6.58 Å². The average molecular weight is 320 g/mol. The second kappa shape index (κ2) is 6.75. The van der Waals surface area contributed by atoms with Gasteiger partial charge in [0.1, 0.15) is 17.9 Å². The predicted octanol–water partition coefficient (Wildman–Crippen LogP) is 4.57. The average Bonchev–Trinajstić information content (AvgIpc) is 2.59. The molecule has 0 N–H and O–H groups in total. The first-order valence-electron chi connectivity index (χ1n) is 7.95. The van der Waals surface area contributed by atoms with E-state index in [9.17, 15) is 4.79 Å². The molecule has 3 rings (SSSR count). The van der Waals surface area contributed by atoms with Crippen molar-refractivity contribution in [3.05, 3.63) is 87.8 Å². The summed E-state index contributed by atoms with van der Waals surface area (Å²) in [5.41, 5.74) is 3.90. The molecule has 0 fully saturated rings. The molecule has 0 unspecified atom stereocenters. The molecule has 0 saturated heterocycles. The van der Waals surface area contributed by atoms with Gasteiger partial charge in [-0.05, 0) is 37.1 Å². The van der Waals surface area contributed by atoms with Gasteiger partial charge < -0.3 is 9.15 Å². The van der Waals surface area contributed by atoms with E-state index in [0.717, 1.165) is 22.1 Å². The number of fused-ring (bicyclic) bond motifs is 1. The zero-order chi connectivity index (χ0) is 17.1. The van der Waals surface area contributed by atoms with Gasteiger partial charge in [-0.1, -0.05) is 43.0 Å². The minimum absolute atomic E-state index is 0.284. The molecule has 122 valence electrons. The summed E-state index contributed by atoms with van der Waals surface area (Å²) in [5, 5.41) is 0.948. The van der Waals surface area contributed by atoms with Crippen LogP contribution in [-0.2, 0) is 6.42 Å². The summed E-state index contributed by atoms with van der Waals surface area (Å²) >= 11 is 0. The van der Waals surface area contributed by atoms with Crippen molar-refractivity contribution in [2.45, 2.75) is 20.3 Å². The van der Waals surface area contributed by atoms with Crippen molar-refractivity contribution < 1.29 is 9.15 Å². The molecule has 3 nitrogen and oxygen atoms in total. The summed E-state index contributed by atoms with van der Waals surface area (Å²) in [7, 11) is 0. The van der Waals surface area contributed by atoms with Gasteiger partial charge in [-0.2, -0.15) is 0 Å². The number of rotatable bonds is 5. The van der Waals surface area contributed by atoms with Crippen molar-refractivity contribution >= 4 is 11.0 Å². The molecule has 1 heterocycles. The van der Waals surface area contributed by atoms with Crippen LogP contribution >= 0.6 is 0 Å². The lowest BCUT2D eigenvalue weighted by atomic mass is 9.98. The molecular weight excluding hydrogens is 300 g/mol. The summed E-state index contributed by atoms with van der Waals surface area (Å²) in [5.74, 6) is 0.709. The number of hydrogen-bond acceptors (Lipinski definition) is 3. The summed E-state index contributed by atoms with van der Waals surface area (Å²) in [6, 6.07) is 13.8. The Kier molecular flexibility index (Phi) is 4.52. The summed E-state index contributed by atoms with van der Waals surface area (Å²) in [4.78, 5) is 12.5. The number of benzene rings is 2. The molecule has 2 aromatic carbocycles. The van der Waals surface area contributed by atoms with Crippen molar-refractivity contribution in [2.24, 2.45) is 0 Å². The largest absolute Gasteiger partial charge is 0.489 e. The molecule has 1 aromatic heterocycles. The van der Waals surface area contributed by atoms with Crippen molar-refractivity contribution in [2.75, 3.05) is 6.61 Å². The molecule has 24 heavy (non-hydrogen) atoms. The van der Waals surface area contributed by atoms with Crippen molar-refractivity contribution in [3.8, 4) is 5.75 Å². The highest BCUT2D eigenvalue weighted by Gasteiger charge is 2.15. The molecule has 0 radical (unpaired) electrons. The Hall–Kier alpha value is -2.81. The second-order valence-corrected chi connectivity index (χ2v) is 5.82. The standard InChI is InChI=1S/C21H20O3/c1-4-12-23-19-11-10-17-14(2)18(13-16-8-6-5-7-9-16)21(22)24-20(17)15(19)3/h4-11H,1,12-13H2,2-3H3. The van der Waals surface area contributed by atoms with Gasteiger partial charge >= 0.3 is 5.63 Å². The quantitative estimate of drug-likeness (QED) is 0.511. The monoisotopic (exact) mass is 320 g/mol. The summed E-state index contributed by atoms with van der Waals surface area (Å²) < 4.78 is 11.3. The third-order valence-corrected chi connectivity index (χ3v) is 4.23. The van der Waals surface area contributed by atoms with Crippen LogP contribution in [0, 0.1) is 13.8 Å². The second-order valence-electron chi connectivity index (χ2n) is 5.82. The fraction of sp³-hybridized carbons (Fsp3) is 0.190. The maximum atomic E-state index is 12.5. The lowest BCUT2D eigenvalue weighted by Crippen LogP contribution is -2.11. The van der Waals surface area contributed by atoms with E-state index in [4.69, 9.17) is 9.15 Å². The third kappa shape index (κ3) is 2.98. The van der Waals surface area contributed by atoms with E-state index in [1.807, 2.05) is 56.3 Å². The molecule has 0 aliphatic rings. The van der Waals surface area contributed by atoms with Crippen molar-refractivity contribution in [3.63, 3.8) is 0 Å². The van der Waals surface area contributed by atoms with E-state index in [1.165, 1.54) is 0 Å². The lowest BCUT2D eigenvalue weighted by molar-refractivity contribution is 0.360. The van der Waals surface area contributed by atoms with Gasteiger partial charge in [0, 0.05) is 22.9 Å². The Bertz CT molecular complexity index is 937. The van der Waals surface area contributed by atoms with Crippen LogP contribution in [-0.4, -0.2) is 6.61 Å². The third-order valence-electron chi connectivity index (χ3n) is 4.23. The zero-order valence-electron chi connectivity index (χ0n) is 14.0. The smallest absolute Gasteiger partial charge is 0.340 e. The van der Waals surface area contributed by atoms with Crippen molar-refractivity contribution in [1.82, 2.24) is 0 Å². The number of aryl methyl sites for hydroxylation is 2. The van der Waals surface area contributed by atoms with E-state index in [1.54, 1.807) is 6.08 Å². The molecule has 0 aliphatic heterocycles. The summed E-state index contributed by atoms with van der Waals surface area (Å²) in [6.07, 6.45) is 2.26. The maximum absolute atomic E-state index is 12.5. The van der Waals surface area contributed by atoms with Gasteiger partial charge in [0.05, 0.1) is 0 Å². The van der Waals surface area contributed by atoms with Gasteiger partial charge in [0.15, 0.2) is 0 Å². The molecule has 0 aliphatic carbocycles. The fourth-order valence-electron chi connectivity index (χ4n) is 2.88. The first-order chi connectivity index (χ1) is 11.6. The highest BCUT2D eigenvalue weighted by Crippen LogP contribution is 2.29. The van der Waals surface area contributed by atoms with Gasteiger partial charge in [0.2, 0.25) is 0 Å². The van der Waals surface area contributed by atoms with Crippen LogP contribution in [0.4, 0.5) is 0 Å². The topological polar surface area (TPSA) is 39.4 Å². The van der Waals surface area contributed by atoms with Crippen LogP contribution in [0.2, 0.25) is 0 Å². The maximum Gasteiger partial charge on any atom is 0.340 e. The zero-order valence-corrected chi connectivity index (χ0v) is 14.0. The normalized spacial score (nSPS) is 10.8. The highest BCUT2D eigenvalue weighted by molar-refractivity contribution is 5.85. The van der Waals surface area contributed by atoms with Gasteiger partial charge in [0.25, 0.3) is 0 Å². The number of hydrogen-bond donors (Lipinski definition) is 0. The lowest BCUT2D eigenvalue weighted by Gasteiger charge is -2.12. The van der Waals surface area contributed by atoms with Crippen LogP contribution < -0.4 is 10.4 Å². The summed E-state index contributed by atoms with van der Waals surface area (Å²) in [6.45, 7) is 7.94. The molecule has 0 saturated carbocycles. The fourth-order valence-corrected chi connectivity index (χ4v) is 2.88. The first kappa shape index (κ1) is 16.1. The minimum atomic E-state index is -0.284. The Morgan fingerprint density at radius 2 is 1.83 bits per heavy atom. The Labute approximate surface area is 141 Å². The van der Waals surface area contributed by atoms with E-state index >= 15 is 0 Å². The first-order valence-corrected chi connectivity index (χ1v) is 7.95. The predicted molar refractivity (Wildman–Crippen MR) is 96.9 cm³/mol. The molecular formula is C21H20O3. The van der Waals surface area contributed by atoms with Crippen molar-refractivity contribution in [1.29, 1.82) is 0 Å². The van der Waals surface area contributed by atoms with E-state index in [0.29, 0.717) is 29.9 Å². The van der Waals surface area contributed by atoms with Crippen LogP contribution in [0.3, 0.4) is 0 Å². The number of ether oxygens (including phenoxy) is 1. The molecule has 3 heteroatoms.